The van der Waals surface area contributed by atoms with Crippen LogP contribution in [0, 0.1) is 6.92 Å². The van der Waals surface area contributed by atoms with E-state index in [1.165, 1.54) is 10.9 Å². The second kappa shape index (κ2) is 3.76. The molecule has 14 heavy (non-hydrogen) atoms. The highest BCUT2D eigenvalue weighted by Gasteiger charge is 1.97. The van der Waals surface area contributed by atoms with Crippen molar-refractivity contribution < 1.29 is 0 Å². The van der Waals surface area contributed by atoms with Gasteiger partial charge < -0.3 is 5.32 Å². The number of nitrogens with zero attached hydrogens (tertiary/aromatic N) is 1. The van der Waals surface area contributed by atoms with Crippen molar-refractivity contribution in [2.75, 3.05) is 7.05 Å². The van der Waals surface area contributed by atoms with Gasteiger partial charge in [-0.15, -0.1) is 0 Å². The molecule has 2 nitrogen and oxygen atoms in total. The fourth-order valence-corrected chi connectivity index (χ4v) is 1.57. The highest BCUT2D eigenvalue weighted by molar-refractivity contribution is 5.79. The Kier molecular flexibility index (Phi) is 2.46. The van der Waals surface area contributed by atoms with Gasteiger partial charge in [0, 0.05) is 11.9 Å². The van der Waals surface area contributed by atoms with E-state index in [2.05, 4.69) is 47.6 Å². The largest absolute Gasteiger partial charge is 0.314 e. The minimum atomic E-state index is 0.823. The number of fused-ring (bicyclic) bond motifs is 1. The lowest BCUT2D eigenvalue weighted by molar-refractivity contribution is 0.795. The summed E-state index contributed by atoms with van der Waals surface area (Å²) in [5.41, 5.74) is 3.44. The fourth-order valence-electron chi connectivity index (χ4n) is 1.57. The summed E-state index contributed by atoms with van der Waals surface area (Å²) in [6.07, 6.45) is 0. The van der Waals surface area contributed by atoms with Crippen LogP contribution in [0.1, 0.15) is 11.3 Å². The molecule has 1 N–H and O–H groups in total. The van der Waals surface area contributed by atoms with Crippen molar-refractivity contribution in [1.29, 1.82) is 0 Å². The van der Waals surface area contributed by atoms with E-state index in [0.29, 0.717) is 0 Å². The third-order valence-corrected chi connectivity index (χ3v) is 2.26. The first kappa shape index (κ1) is 9.16. The van der Waals surface area contributed by atoms with Gasteiger partial charge in [0.15, 0.2) is 0 Å². The first-order chi connectivity index (χ1) is 6.79. The zero-order valence-electron chi connectivity index (χ0n) is 8.54. The van der Waals surface area contributed by atoms with Crippen LogP contribution < -0.4 is 5.32 Å². The summed E-state index contributed by atoms with van der Waals surface area (Å²) in [7, 11) is 1.93. The smallest absolute Gasteiger partial charge is 0.0706 e. The lowest BCUT2D eigenvalue weighted by Crippen LogP contribution is -2.06. The summed E-state index contributed by atoms with van der Waals surface area (Å²) >= 11 is 0. The lowest BCUT2D eigenvalue weighted by Gasteiger charge is -2.02. The van der Waals surface area contributed by atoms with Crippen molar-refractivity contribution in [2.24, 2.45) is 0 Å². The van der Waals surface area contributed by atoms with Gasteiger partial charge in [0.05, 0.1) is 11.2 Å². The number of aromatic nitrogens is 1. The molecule has 2 heteroatoms. The van der Waals surface area contributed by atoms with Gasteiger partial charge >= 0.3 is 0 Å². The van der Waals surface area contributed by atoms with Crippen molar-refractivity contribution in [2.45, 2.75) is 13.5 Å². The van der Waals surface area contributed by atoms with E-state index in [1.54, 1.807) is 0 Å². The molecule has 72 valence electrons. The summed E-state index contributed by atoms with van der Waals surface area (Å²) in [6.45, 7) is 2.92. The highest BCUT2D eigenvalue weighted by Crippen LogP contribution is 2.14. The van der Waals surface area contributed by atoms with E-state index in [4.69, 9.17) is 0 Å². The predicted octanol–water partition coefficient (Wildman–Crippen LogP) is 2.26. The third kappa shape index (κ3) is 1.75. The monoisotopic (exact) mass is 186 g/mol. The average molecular weight is 186 g/mol. The van der Waals surface area contributed by atoms with Gasteiger partial charge in [0.1, 0.15) is 0 Å². The number of nitrogens with one attached hydrogen (secondary N) is 1. The molecule has 0 fully saturated rings. The molecule has 1 aromatic carbocycles. The number of pyridine rings is 1. The summed E-state index contributed by atoms with van der Waals surface area (Å²) in [4.78, 5) is 4.54. The molecule has 0 atom stereocenters. The maximum atomic E-state index is 4.54. The van der Waals surface area contributed by atoms with Crippen molar-refractivity contribution in [3.05, 3.63) is 41.6 Å². The molecule has 0 unspecified atom stereocenters. The van der Waals surface area contributed by atoms with E-state index in [9.17, 15) is 0 Å². The van der Waals surface area contributed by atoms with Crippen molar-refractivity contribution in [1.82, 2.24) is 10.3 Å². The Bertz CT molecular complexity index is 449. The van der Waals surface area contributed by atoms with E-state index < -0.39 is 0 Å². The Morgan fingerprint density at radius 1 is 1.21 bits per heavy atom. The van der Waals surface area contributed by atoms with Gasteiger partial charge in [-0.05, 0) is 32.2 Å². The molecule has 0 amide bonds. The zero-order valence-corrected chi connectivity index (χ0v) is 8.54. The molecule has 0 aliphatic carbocycles. The van der Waals surface area contributed by atoms with Crippen LogP contribution in [0.5, 0.6) is 0 Å². The van der Waals surface area contributed by atoms with Crippen molar-refractivity contribution in [3.63, 3.8) is 0 Å². The van der Waals surface area contributed by atoms with Gasteiger partial charge in [0.2, 0.25) is 0 Å². The van der Waals surface area contributed by atoms with Crippen LogP contribution in [0.3, 0.4) is 0 Å². The molecule has 1 heterocycles. The minimum Gasteiger partial charge on any atom is -0.314 e. The zero-order chi connectivity index (χ0) is 9.97. The number of aryl methyl sites for hydroxylation is 1. The normalized spacial score (nSPS) is 10.7. The molecule has 1 aromatic heterocycles. The second-order valence-corrected chi connectivity index (χ2v) is 3.53. The first-order valence-corrected chi connectivity index (χ1v) is 4.80. The molecule has 0 saturated heterocycles. The van der Waals surface area contributed by atoms with Crippen molar-refractivity contribution in [3.8, 4) is 0 Å². The van der Waals surface area contributed by atoms with E-state index in [-0.39, 0.29) is 0 Å². The van der Waals surface area contributed by atoms with E-state index >= 15 is 0 Å². The summed E-state index contributed by atoms with van der Waals surface area (Å²) < 4.78 is 0. The molecule has 0 bridgehead atoms. The van der Waals surface area contributed by atoms with Gasteiger partial charge in [-0.2, -0.15) is 0 Å². The SMILES string of the molecule is CNCc1ccc2cc(C)ccc2n1. The minimum absolute atomic E-state index is 0.823. The first-order valence-electron chi connectivity index (χ1n) is 4.80. The number of rotatable bonds is 2. The molecule has 2 aromatic rings. The number of hydrogen-bond acceptors (Lipinski definition) is 2. The average Bonchev–Trinajstić information content (AvgIpc) is 2.19. The Morgan fingerprint density at radius 2 is 2.07 bits per heavy atom. The Morgan fingerprint density at radius 3 is 2.86 bits per heavy atom. The van der Waals surface area contributed by atoms with Crippen LogP contribution >= 0.6 is 0 Å². The summed E-state index contributed by atoms with van der Waals surface area (Å²) in [5, 5.41) is 4.31. The van der Waals surface area contributed by atoms with Gasteiger partial charge in [-0.1, -0.05) is 17.7 Å². The van der Waals surface area contributed by atoms with Gasteiger partial charge in [-0.25, -0.2) is 0 Å². The van der Waals surface area contributed by atoms with Crippen LogP contribution in [0.15, 0.2) is 30.3 Å². The molecule has 0 aliphatic heterocycles. The molecular formula is C12H14N2. The standard InChI is InChI=1S/C12H14N2/c1-9-3-6-12-10(7-9)4-5-11(14-12)8-13-2/h3-7,13H,8H2,1-2H3. The second-order valence-electron chi connectivity index (χ2n) is 3.53. The van der Waals surface area contributed by atoms with Crippen LogP contribution in [0.4, 0.5) is 0 Å². The van der Waals surface area contributed by atoms with E-state index in [1.807, 2.05) is 7.05 Å². The maximum Gasteiger partial charge on any atom is 0.0706 e. The Hall–Kier alpha value is -1.41. The highest BCUT2D eigenvalue weighted by atomic mass is 14.8. The van der Waals surface area contributed by atoms with E-state index in [0.717, 1.165) is 17.8 Å². The van der Waals surface area contributed by atoms with Gasteiger partial charge in [-0.3, -0.25) is 4.98 Å². The third-order valence-electron chi connectivity index (χ3n) is 2.26. The summed E-state index contributed by atoms with van der Waals surface area (Å²) in [5.74, 6) is 0. The van der Waals surface area contributed by atoms with Crippen molar-refractivity contribution >= 4 is 10.9 Å². The number of hydrogen-bond donors (Lipinski definition) is 1. The Balaban J connectivity index is 2.50. The quantitative estimate of drug-likeness (QED) is 0.778. The maximum absolute atomic E-state index is 4.54. The lowest BCUT2D eigenvalue weighted by atomic mass is 10.1. The summed E-state index contributed by atoms with van der Waals surface area (Å²) in [6, 6.07) is 10.5. The van der Waals surface area contributed by atoms with Crippen LogP contribution in [-0.2, 0) is 6.54 Å². The predicted molar refractivity (Wildman–Crippen MR) is 59.2 cm³/mol. The molecule has 0 aliphatic rings. The fraction of sp³-hybridized carbons (Fsp3) is 0.250. The molecule has 2 rings (SSSR count). The molecular weight excluding hydrogens is 172 g/mol. The molecule has 0 radical (unpaired) electrons. The van der Waals surface area contributed by atoms with Gasteiger partial charge in [0.25, 0.3) is 0 Å². The van der Waals surface area contributed by atoms with Crippen LogP contribution in [-0.4, -0.2) is 12.0 Å². The topological polar surface area (TPSA) is 24.9 Å². The van der Waals surface area contributed by atoms with Crippen LogP contribution in [0.2, 0.25) is 0 Å². The molecule has 0 spiro atoms. The van der Waals surface area contributed by atoms with Crippen LogP contribution in [0.25, 0.3) is 10.9 Å². The number of benzene rings is 1. The molecule has 0 saturated carbocycles. The Labute approximate surface area is 84.0 Å².